The van der Waals surface area contributed by atoms with Gasteiger partial charge < -0.3 is 0 Å². The Balaban J connectivity index is 1.73. The third-order valence-corrected chi connectivity index (χ3v) is 8.93. The number of halogens is 1. The molecule has 0 aliphatic rings. The number of aromatic nitrogens is 1. The van der Waals surface area contributed by atoms with Crippen LogP contribution in [0.2, 0.25) is 0 Å². The number of hydrogen-bond acceptors (Lipinski definition) is 2. The van der Waals surface area contributed by atoms with Gasteiger partial charge >= 0.3 is 0 Å². The number of sulfonamides is 1. The van der Waals surface area contributed by atoms with Crippen LogP contribution in [0.4, 0.5) is 5.69 Å². The minimum absolute atomic E-state index is 0.185. The van der Waals surface area contributed by atoms with Crippen LogP contribution in [0, 0.1) is 18.8 Å². The van der Waals surface area contributed by atoms with Gasteiger partial charge in [-0.3, -0.25) is 9.29 Å². The lowest BCUT2D eigenvalue weighted by Crippen LogP contribution is -2.14. The molecule has 210 valence electrons. The molecule has 0 saturated heterocycles. The third-order valence-electron chi connectivity index (χ3n) is 7.03. The van der Waals surface area contributed by atoms with Crippen molar-refractivity contribution in [1.29, 1.82) is 0 Å². The predicted molar refractivity (Wildman–Crippen MR) is 179 cm³/mol. The van der Waals surface area contributed by atoms with Crippen molar-refractivity contribution in [3.63, 3.8) is 0 Å². The maximum Gasteiger partial charge on any atom is 0.261 e. The van der Waals surface area contributed by atoms with Crippen LogP contribution in [0.1, 0.15) is 16.8 Å². The monoisotopic (exact) mass is 642 g/mol. The molecule has 5 aromatic carbocycles. The van der Waals surface area contributed by atoms with Crippen LogP contribution in [0.5, 0.6) is 0 Å². The molecule has 0 fully saturated rings. The summed E-state index contributed by atoms with van der Waals surface area (Å²) in [6, 6.07) is 44.2. The Labute approximate surface area is 260 Å². The van der Waals surface area contributed by atoms with E-state index in [9.17, 15) is 8.42 Å². The van der Waals surface area contributed by atoms with E-state index in [4.69, 9.17) is 0 Å². The van der Waals surface area contributed by atoms with E-state index >= 15 is 0 Å². The smallest absolute Gasteiger partial charge is 0.261 e. The first kappa shape index (κ1) is 28.3. The molecular weight excluding hydrogens is 616 g/mol. The summed E-state index contributed by atoms with van der Waals surface area (Å²) in [7, 11) is -3.97. The Morgan fingerprint density at radius 1 is 0.651 bits per heavy atom. The minimum Gasteiger partial charge on any atom is -0.300 e. The van der Waals surface area contributed by atoms with E-state index in [0.717, 1.165) is 32.4 Å². The molecule has 0 atom stereocenters. The number of aryl methyl sites for hydroxylation is 1. The number of rotatable bonds is 6. The van der Waals surface area contributed by atoms with E-state index in [0.29, 0.717) is 22.6 Å². The largest absolute Gasteiger partial charge is 0.300 e. The molecule has 0 aliphatic carbocycles. The highest BCUT2D eigenvalue weighted by molar-refractivity contribution is 9.10. The van der Waals surface area contributed by atoms with Gasteiger partial charge in [0.05, 0.1) is 16.3 Å². The number of nitrogens with one attached hydrogen (secondary N) is 1. The molecule has 6 heteroatoms. The van der Waals surface area contributed by atoms with Crippen molar-refractivity contribution in [3.8, 4) is 39.9 Å². The van der Waals surface area contributed by atoms with Crippen LogP contribution in [0.15, 0.2) is 149 Å². The highest BCUT2D eigenvalue weighted by Gasteiger charge is 2.29. The fourth-order valence-electron chi connectivity index (χ4n) is 4.96. The van der Waals surface area contributed by atoms with Crippen LogP contribution < -0.4 is 4.72 Å². The van der Waals surface area contributed by atoms with Crippen molar-refractivity contribution < 1.29 is 8.42 Å². The summed E-state index contributed by atoms with van der Waals surface area (Å²) in [5.74, 6) is 6.77. The van der Waals surface area contributed by atoms with E-state index in [1.54, 1.807) is 24.3 Å². The second-order valence-electron chi connectivity index (χ2n) is 10.0. The van der Waals surface area contributed by atoms with Crippen LogP contribution >= 0.6 is 15.9 Å². The van der Waals surface area contributed by atoms with E-state index in [1.165, 1.54) is 0 Å². The maximum absolute atomic E-state index is 14.0. The summed E-state index contributed by atoms with van der Waals surface area (Å²) in [4.78, 5) is 0.185. The van der Waals surface area contributed by atoms with Gasteiger partial charge in [0.2, 0.25) is 0 Å². The van der Waals surface area contributed by atoms with Crippen molar-refractivity contribution in [2.24, 2.45) is 0 Å². The number of benzene rings is 5. The predicted octanol–water partition coefficient (Wildman–Crippen LogP) is 9.08. The van der Waals surface area contributed by atoms with Crippen LogP contribution in [-0.4, -0.2) is 13.0 Å². The molecule has 0 unspecified atom stereocenters. The fraction of sp³-hybridized carbons (Fsp3) is 0.0270. The zero-order chi connectivity index (χ0) is 29.8. The summed E-state index contributed by atoms with van der Waals surface area (Å²) in [6.07, 6.45) is 0. The normalized spacial score (nSPS) is 11.0. The highest BCUT2D eigenvalue weighted by atomic mass is 79.9. The lowest BCUT2D eigenvalue weighted by atomic mass is 10.0. The zero-order valence-corrected chi connectivity index (χ0v) is 25.7. The molecule has 0 saturated carbocycles. The summed E-state index contributed by atoms with van der Waals surface area (Å²) in [5.41, 5.74) is 6.87. The van der Waals surface area contributed by atoms with Crippen molar-refractivity contribution in [2.45, 2.75) is 11.8 Å². The quantitative estimate of drug-likeness (QED) is 0.184. The fourth-order valence-corrected chi connectivity index (χ4v) is 6.30. The molecule has 6 aromatic rings. The molecule has 6 rings (SSSR count). The second kappa shape index (κ2) is 12.2. The van der Waals surface area contributed by atoms with Gasteiger partial charge in [0, 0.05) is 26.9 Å². The summed E-state index contributed by atoms with van der Waals surface area (Å²) in [6.45, 7) is 1.93. The van der Waals surface area contributed by atoms with Gasteiger partial charge in [0.15, 0.2) is 0 Å². The van der Waals surface area contributed by atoms with Gasteiger partial charge in [0.1, 0.15) is 5.69 Å². The van der Waals surface area contributed by atoms with Gasteiger partial charge in [-0.05, 0) is 66.9 Å². The topological polar surface area (TPSA) is 51.1 Å². The van der Waals surface area contributed by atoms with E-state index in [1.807, 2.05) is 127 Å². The number of nitrogens with zero attached hydrogens (tertiary/aromatic N) is 1. The molecule has 1 aromatic heterocycles. The molecule has 1 heterocycles. The molecule has 0 radical (unpaired) electrons. The van der Waals surface area contributed by atoms with E-state index < -0.39 is 10.0 Å². The Bertz CT molecular complexity index is 2040. The number of hydrogen-bond donors (Lipinski definition) is 1. The van der Waals surface area contributed by atoms with Crippen molar-refractivity contribution in [3.05, 3.63) is 161 Å². The first-order valence-corrected chi connectivity index (χ1v) is 16.0. The van der Waals surface area contributed by atoms with Gasteiger partial charge in [0.25, 0.3) is 10.0 Å². The van der Waals surface area contributed by atoms with Gasteiger partial charge in [-0.1, -0.05) is 118 Å². The van der Waals surface area contributed by atoms with Gasteiger partial charge in [-0.2, -0.15) is 0 Å². The first-order valence-electron chi connectivity index (χ1n) is 13.7. The average Bonchev–Trinajstić information content (AvgIpc) is 3.34. The second-order valence-corrected chi connectivity index (χ2v) is 12.6. The lowest BCUT2D eigenvalue weighted by Gasteiger charge is -2.15. The average molecular weight is 644 g/mol. The summed E-state index contributed by atoms with van der Waals surface area (Å²) < 4.78 is 34.0. The third kappa shape index (κ3) is 6.05. The van der Waals surface area contributed by atoms with Gasteiger partial charge in [-0.25, -0.2) is 8.42 Å². The lowest BCUT2D eigenvalue weighted by molar-refractivity contribution is 0.601. The SMILES string of the molecule is Cc1ccc(S(=O)(=O)Nc2c(-c3ccccc3)c(C#Cc3ccccc3)n(-c3ccc(Br)cc3)c2-c2ccccc2)cc1. The Morgan fingerprint density at radius 2 is 1.21 bits per heavy atom. The Morgan fingerprint density at radius 3 is 1.81 bits per heavy atom. The van der Waals surface area contributed by atoms with Crippen LogP contribution in [-0.2, 0) is 10.0 Å². The molecule has 0 bridgehead atoms. The minimum atomic E-state index is -3.97. The Kier molecular flexibility index (Phi) is 8.02. The molecule has 43 heavy (non-hydrogen) atoms. The summed E-state index contributed by atoms with van der Waals surface area (Å²) in [5, 5.41) is 0. The molecule has 1 N–H and O–H groups in total. The maximum atomic E-state index is 14.0. The zero-order valence-electron chi connectivity index (χ0n) is 23.3. The van der Waals surface area contributed by atoms with Crippen molar-refractivity contribution in [1.82, 2.24) is 4.57 Å². The van der Waals surface area contributed by atoms with E-state index in [2.05, 4.69) is 32.5 Å². The highest BCUT2D eigenvalue weighted by Crippen LogP contribution is 2.45. The Hall–Kier alpha value is -4.83. The van der Waals surface area contributed by atoms with E-state index in [-0.39, 0.29) is 4.90 Å². The first-order chi connectivity index (χ1) is 20.9. The molecule has 4 nitrogen and oxygen atoms in total. The molecule has 0 spiro atoms. The van der Waals surface area contributed by atoms with Crippen LogP contribution in [0.25, 0.3) is 28.1 Å². The molecule has 0 aliphatic heterocycles. The van der Waals surface area contributed by atoms with Crippen molar-refractivity contribution in [2.75, 3.05) is 4.72 Å². The molecule has 0 amide bonds. The van der Waals surface area contributed by atoms with Crippen LogP contribution in [0.3, 0.4) is 0 Å². The van der Waals surface area contributed by atoms with Crippen molar-refractivity contribution >= 4 is 31.6 Å². The van der Waals surface area contributed by atoms with Gasteiger partial charge in [-0.15, -0.1) is 0 Å². The number of anilines is 1. The summed E-state index contributed by atoms with van der Waals surface area (Å²) >= 11 is 3.56. The standard InChI is InChI=1S/C37H27BrN2O2S/c1-27-17-24-33(25-18-27)43(41,42)39-36-35(29-13-7-3-8-14-29)34(26-19-28-11-5-2-6-12-28)40(32-22-20-31(38)21-23-32)37(36)30-15-9-4-10-16-30/h2-18,20-25,39H,1H3. The molecular formula is C37H27BrN2O2S.